The summed E-state index contributed by atoms with van der Waals surface area (Å²) in [5.74, 6) is -3.43. The first-order valence-electron chi connectivity index (χ1n) is 7.37. The van der Waals surface area contributed by atoms with Gasteiger partial charge in [0.25, 0.3) is 5.92 Å². The minimum atomic E-state index is -3.66. The van der Waals surface area contributed by atoms with Crippen LogP contribution in [0.15, 0.2) is 29.3 Å². The Labute approximate surface area is 157 Å². The van der Waals surface area contributed by atoms with Crippen LogP contribution in [0.1, 0.15) is 19.5 Å². The van der Waals surface area contributed by atoms with E-state index in [1.54, 1.807) is 0 Å². The molecule has 0 saturated heterocycles. The van der Waals surface area contributed by atoms with E-state index in [2.05, 4.69) is 15.1 Å². The van der Waals surface area contributed by atoms with Crippen molar-refractivity contribution in [3.05, 3.63) is 40.4 Å². The zero-order valence-corrected chi connectivity index (χ0v) is 15.9. The van der Waals surface area contributed by atoms with Crippen molar-refractivity contribution in [2.24, 2.45) is 0 Å². The van der Waals surface area contributed by atoms with Crippen molar-refractivity contribution in [1.29, 1.82) is 0 Å². The largest absolute Gasteiger partial charge is 0.287 e. The minimum absolute atomic E-state index is 0.0132. The average Bonchev–Trinajstić information content (AvgIpc) is 2.90. The lowest BCUT2D eigenvalue weighted by atomic mass is 10.2. The second-order valence-electron chi connectivity index (χ2n) is 5.54. The molecule has 26 heavy (non-hydrogen) atoms. The summed E-state index contributed by atoms with van der Waals surface area (Å²) >= 11 is 12.2. The van der Waals surface area contributed by atoms with Crippen LogP contribution in [0.2, 0.25) is 10.3 Å². The Morgan fingerprint density at radius 1 is 1.27 bits per heavy atom. The van der Waals surface area contributed by atoms with Crippen LogP contribution in [0, 0.1) is 0 Å². The number of hydrogen-bond donors (Lipinski definition) is 0. The minimum Gasteiger partial charge on any atom is -0.254 e. The molecule has 0 aliphatic rings. The van der Waals surface area contributed by atoms with Crippen LogP contribution in [-0.4, -0.2) is 33.9 Å². The van der Waals surface area contributed by atoms with Gasteiger partial charge in [-0.3, -0.25) is 4.98 Å². The van der Waals surface area contributed by atoms with Crippen molar-refractivity contribution >= 4 is 43.9 Å². The fourth-order valence-electron chi connectivity index (χ4n) is 2.30. The molecule has 0 aliphatic carbocycles. The fourth-order valence-corrected chi connectivity index (χ4v) is 3.70. The monoisotopic (exact) mass is 420 g/mol. The fraction of sp³-hybridized carbons (Fsp3) is 0.267. The summed E-state index contributed by atoms with van der Waals surface area (Å²) in [6.45, 7) is 2.19. The van der Waals surface area contributed by atoms with E-state index in [-0.39, 0.29) is 37.7 Å². The zero-order valence-electron chi connectivity index (χ0n) is 13.5. The lowest BCUT2D eigenvalue weighted by Gasteiger charge is -2.09. The molecule has 0 spiro atoms. The normalized spacial score (nSPS) is 12.7. The number of alkyl halides is 2. The van der Waals surface area contributed by atoms with Gasteiger partial charge < -0.3 is 0 Å². The van der Waals surface area contributed by atoms with Crippen molar-refractivity contribution < 1.29 is 17.2 Å². The molecule has 0 amide bonds. The molecule has 138 valence electrons. The number of nitrogens with zero attached hydrogens (tertiary/aromatic N) is 4. The maximum Gasteiger partial charge on any atom is 0.287 e. The Bertz CT molecular complexity index is 1110. The molecule has 3 rings (SSSR count). The van der Waals surface area contributed by atoms with E-state index in [1.807, 2.05) is 0 Å². The number of fused-ring (bicyclic) bond motifs is 1. The molecule has 0 fully saturated rings. The van der Waals surface area contributed by atoms with Crippen LogP contribution < -0.4 is 0 Å². The van der Waals surface area contributed by atoms with Gasteiger partial charge in [-0.25, -0.2) is 18.1 Å². The van der Waals surface area contributed by atoms with Gasteiger partial charge in [0.2, 0.25) is 0 Å². The van der Waals surface area contributed by atoms with Gasteiger partial charge in [-0.2, -0.15) is 13.9 Å². The third kappa shape index (κ3) is 3.26. The predicted octanol–water partition coefficient (Wildman–Crippen LogP) is 4.03. The van der Waals surface area contributed by atoms with Crippen LogP contribution in [-0.2, 0) is 15.8 Å². The van der Waals surface area contributed by atoms with E-state index < -0.39 is 21.5 Å². The SMILES string of the molecule is CCS(=O)(=O)c1ccc(Cl)nc1-n1nc2cc(C(C)(F)F)ncc2c1Cl. The number of halogens is 4. The molecule has 0 atom stereocenters. The summed E-state index contributed by atoms with van der Waals surface area (Å²) in [4.78, 5) is 7.60. The highest BCUT2D eigenvalue weighted by Gasteiger charge is 2.28. The van der Waals surface area contributed by atoms with Gasteiger partial charge in [-0.1, -0.05) is 30.1 Å². The lowest BCUT2D eigenvalue weighted by Crippen LogP contribution is -2.11. The van der Waals surface area contributed by atoms with Gasteiger partial charge >= 0.3 is 0 Å². The third-order valence-electron chi connectivity index (χ3n) is 3.67. The van der Waals surface area contributed by atoms with Crippen molar-refractivity contribution in [3.63, 3.8) is 0 Å². The summed E-state index contributed by atoms with van der Waals surface area (Å²) < 4.78 is 52.7. The van der Waals surface area contributed by atoms with Crippen LogP contribution >= 0.6 is 23.2 Å². The molecule has 0 saturated carbocycles. The summed E-state index contributed by atoms with van der Waals surface area (Å²) in [7, 11) is -3.66. The Hall–Kier alpha value is -1.84. The Kier molecular flexibility index (Phi) is 4.66. The van der Waals surface area contributed by atoms with Gasteiger partial charge in [0.15, 0.2) is 15.7 Å². The molecule has 0 bridgehead atoms. The Morgan fingerprint density at radius 2 is 1.96 bits per heavy atom. The highest BCUT2D eigenvalue weighted by molar-refractivity contribution is 7.91. The smallest absolute Gasteiger partial charge is 0.254 e. The van der Waals surface area contributed by atoms with Crippen molar-refractivity contribution in [1.82, 2.24) is 19.7 Å². The second kappa shape index (κ2) is 6.40. The Balaban J connectivity index is 2.30. The molecule has 3 aromatic heterocycles. The number of aromatic nitrogens is 4. The van der Waals surface area contributed by atoms with Crippen LogP contribution in [0.3, 0.4) is 0 Å². The molecular formula is C15H12Cl2F2N4O2S. The first-order valence-corrected chi connectivity index (χ1v) is 9.77. The van der Waals surface area contributed by atoms with Crippen molar-refractivity contribution in [2.45, 2.75) is 24.7 Å². The summed E-state index contributed by atoms with van der Waals surface area (Å²) in [6.07, 6.45) is 1.16. The van der Waals surface area contributed by atoms with Gasteiger partial charge in [-0.05, 0) is 18.2 Å². The molecule has 3 heterocycles. The van der Waals surface area contributed by atoms with Gasteiger partial charge in [-0.15, -0.1) is 0 Å². The molecule has 0 aliphatic heterocycles. The quantitative estimate of drug-likeness (QED) is 0.595. The van der Waals surface area contributed by atoms with E-state index in [4.69, 9.17) is 23.2 Å². The van der Waals surface area contributed by atoms with E-state index >= 15 is 0 Å². The van der Waals surface area contributed by atoms with E-state index in [0.29, 0.717) is 6.92 Å². The maximum atomic E-state index is 13.5. The van der Waals surface area contributed by atoms with Crippen LogP contribution in [0.25, 0.3) is 16.7 Å². The van der Waals surface area contributed by atoms with Crippen molar-refractivity contribution in [2.75, 3.05) is 5.75 Å². The molecule has 0 N–H and O–H groups in total. The average molecular weight is 421 g/mol. The zero-order chi connectivity index (χ0) is 19.3. The predicted molar refractivity (Wildman–Crippen MR) is 94.0 cm³/mol. The molecule has 3 aromatic rings. The first kappa shape index (κ1) is 18.9. The molecule has 0 radical (unpaired) electrons. The van der Waals surface area contributed by atoms with Gasteiger partial charge in [0, 0.05) is 13.1 Å². The van der Waals surface area contributed by atoms with Crippen LogP contribution in [0.4, 0.5) is 8.78 Å². The second-order valence-corrected chi connectivity index (χ2v) is 8.53. The third-order valence-corrected chi connectivity index (χ3v) is 5.99. The number of hydrogen-bond acceptors (Lipinski definition) is 5. The Morgan fingerprint density at radius 3 is 2.58 bits per heavy atom. The standard InChI is InChI=1S/C15H12Cl2F2N4O2S/c1-3-26(24,25)10-4-5-12(16)21-14(10)23-13(17)8-7-20-11(15(2,18)19)6-9(8)22-23/h4-7H,3H2,1-2H3. The molecule has 0 aromatic carbocycles. The number of pyridine rings is 2. The summed E-state index contributed by atoms with van der Waals surface area (Å²) in [5.41, 5.74) is -0.352. The van der Waals surface area contributed by atoms with Gasteiger partial charge in [0.1, 0.15) is 20.9 Å². The van der Waals surface area contributed by atoms with E-state index in [1.165, 1.54) is 19.1 Å². The highest BCUT2D eigenvalue weighted by Crippen LogP contribution is 2.32. The van der Waals surface area contributed by atoms with Crippen LogP contribution in [0.5, 0.6) is 0 Å². The summed E-state index contributed by atoms with van der Waals surface area (Å²) in [6, 6.07) is 3.73. The topological polar surface area (TPSA) is 77.7 Å². The maximum absolute atomic E-state index is 13.5. The molecule has 0 unspecified atom stereocenters. The van der Waals surface area contributed by atoms with Gasteiger partial charge in [0.05, 0.1) is 16.7 Å². The van der Waals surface area contributed by atoms with E-state index in [9.17, 15) is 17.2 Å². The highest BCUT2D eigenvalue weighted by atomic mass is 35.5. The summed E-state index contributed by atoms with van der Waals surface area (Å²) in [5, 5.41) is 4.43. The first-order chi connectivity index (χ1) is 12.0. The molecule has 6 nitrogen and oxygen atoms in total. The lowest BCUT2D eigenvalue weighted by molar-refractivity contribution is 0.0129. The van der Waals surface area contributed by atoms with Crippen molar-refractivity contribution in [3.8, 4) is 5.82 Å². The molecular weight excluding hydrogens is 409 g/mol. The number of rotatable bonds is 4. The molecule has 11 heteroatoms. The van der Waals surface area contributed by atoms with E-state index in [0.717, 1.165) is 16.9 Å². The number of sulfone groups is 1.